The molecule has 2 aromatic rings. The third kappa shape index (κ3) is 2.30. The molecule has 94 valence electrons. The van der Waals surface area contributed by atoms with Gasteiger partial charge in [0.2, 0.25) is 0 Å². The Morgan fingerprint density at radius 1 is 1.39 bits per heavy atom. The van der Waals surface area contributed by atoms with Crippen molar-refractivity contribution in [2.45, 2.75) is 6.54 Å². The number of hydrazine groups is 1. The lowest BCUT2D eigenvalue weighted by Crippen LogP contribution is -2.29. The molecule has 0 spiro atoms. The predicted molar refractivity (Wildman–Crippen MR) is 64.7 cm³/mol. The fourth-order valence-corrected chi connectivity index (χ4v) is 1.55. The molecule has 7 nitrogen and oxygen atoms in total. The molecule has 0 atom stereocenters. The Labute approximate surface area is 103 Å². The third-order valence-corrected chi connectivity index (χ3v) is 2.57. The first-order valence-corrected chi connectivity index (χ1v) is 5.30. The van der Waals surface area contributed by atoms with Gasteiger partial charge in [-0.3, -0.25) is 14.8 Å². The molecule has 1 aromatic carbocycles. The van der Waals surface area contributed by atoms with E-state index < -0.39 is 0 Å². The number of aryl methyl sites for hydroxylation is 1. The minimum absolute atomic E-state index is 0.182. The van der Waals surface area contributed by atoms with Crippen molar-refractivity contribution in [3.63, 3.8) is 0 Å². The summed E-state index contributed by atoms with van der Waals surface area (Å²) in [5.41, 5.74) is 3.22. The zero-order valence-corrected chi connectivity index (χ0v) is 9.83. The highest BCUT2D eigenvalue weighted by atomic mass is 16.2. The average Bonchev–Trinajstić information content (AvgIpc) is 2.71. The molecule has 1 heterocycles. The SMILES string of the molecule is Cn1cnn(Cc2ccc(C(=O)NN)cc2)c1=O. The zero-order valence-electron chi connectivity index (χ0n) is 9.83. The number of hydrogen-bond acceptors (Lipinski definition) is 4. The molecule has 0 aliphatic heterocycles. The summed E-state index contributed by atoms with van der Waals surface area (Å²) in [4.78, 5) is 22.8. The number of carbonyl (C=O) groups excluding carboxylic acids is 1. The highest BCUT2D eigenvalue weighted by Crippen LogP contribution is 2.04. The fourth-order valence-electron chi connectivity index (χ4n) is 1.55. The van der Waals surface area contributed by atoms with Gasteiger partial charge in [0.05, 0.1) is 6.54 Å². The van der Waals surface area contributed by atoms with Crippen LogP contribution in [0.5, 0.6) is 0 Å². The van der Waals surface area contributed by atoms with Crippen LogP contribution in [-0.4, -0.2) is 20.3 Å². The molecule has 0 saturated carbocycles. The van der Waals surface area contributed by atoms with Gasteiger partial charge in [-0.25, -0.2) is 15.3 Å². The van der Waals surface area contributed by atoms with E-state index in [1.165, 1.54) is 15.6 Å². The van der Waals surface area contributed by atoms with Crippen molar-refractivity contribution < 1.29 is 4.79 Å². The highest BCUT2D eigenvalue weighted by molar-refractivity contribution is 5.93. The number of nitrogens with two attached hydrogens (primary N) is 1. The van der Waals surface area contributed by atoms with Gasteiger partial charge in [0, 0.05) is 12.6 Å². The van der Waals surface area contributed by atoms with E-state index in [-0.39, 0.29) is 11.6 Å². The predicted octanol–water partition coefficient (Wildman–Crippen LogP) is -0.766. The van der Waals surface area contributed by atoms with Gasteiger partial charge in [-0.2, -0.15) is 5.10 Å². The van der Waals surface area contributed by atoms with E-state index in [1.807, 2.05) is 0 Å². The minimum atomic E-state index is -0.350. The number of rotatable bonds is 3. The molecule has 0 aliphatic carbocycles. The number of aromatic nitrogens is 3. The monoisotopic (exact) mass is 247 g/mol. The maximum atomic E-state index is 11.6. The first-order chi connectivity index (χ1) is 8.61. The van der Waals surface area contributed by atoms with Crippen molar-refractivity contribution in [1.29, 1.82) is 0 Å². The summed E-state index contributed by atoms with van der Waals surface area (Å²) >= 11 is 0. The zero-order chi connectivity index (χ0) is 13.1. The maximum Gasteiger partial charge on any atom is 0.345 e. The van der Waals surface area contributed by atoms with Gasteiger partial charge in [0.1, 0.15) is 6.33 Å². The number of carbonyl (C=O) groups is 1. The van der Waals surface area contributed by atoms with Crippen LogP contribution in [0.4, 0.5) is 0 Å². The standard InChI is InChI=1S/C11H13N5O2/c1-15-7-13-16(11(15)18)6-8-2-4-9(5-3-8)10(17)14-12/h2-5,7H,6,12H2,1H3,(H,14,17). The second kappa shape index (κ2) is 4.84. The molecular formula is C11H13N5O2. The van der Waals surface area contributed by atoms with Crippen molar-refractivity contribution >= 4 is 5.91 Å². The van der Waals surface area contributed by atoms with Crippen LogP contribution in [-0.2, 0) is 13.6 Å². The van der Waals surface area contributed by atoms with Crippen molar-refractivity contribution in [2.24, 2.45) is 12.9 Å². The van der Waals surface area contributed by atoms with Crippen LogP contribution in [0.15, 0.2) is 35.4 Å². The number of hydrogen-bond donors (Lipinski definition) is 2. The second-order valence-corrected chi connectivity index (χ2v) is 3.85. The smallest absolute Gasteiger partial charge is 0.290 e. The number of nitrogens with one attached hydrogen (secondary N) is 1. The minimum Gasteiger partial charge on any atom is -0.290 e. The van der Waals surface area contributed by atoms with Crippen LogP contribution in [0.2, 0.25) is 0 Å². The second-order valence-electron chi connectivity index (χ2n) is 3.85. The quantitative estimate of drug-likeness (QED) is 0.423. The Morgan fingerprint density at radius 3 is 2.56 bits per heavy atom. The van der Waals surface area contributed by atoms with E-state index in [0.29, 0.717) is 12.1 Å². The van der Waals surface area contributed by atoms with E-state index in [0.717, 1.165) is 5.56 Å². The van der Waals surface area contributed by atoms with Crippen LogP contribution < -0.4 is 17.0 Å². The molecule has 0 saturated heterocycles. The Hall–Kier alpha value is -2.41. The summed E-state index contributed by atoms with van der Waals surface area (Å²) in [6.07, 6.45) is 1.46. The van der Waals surface area contributed by atoms with Crippen LogP contribution >= 0.6 is 0 Å². The topological polar surface area (TPSA) is 94.9 Å². The van der Waals surface area contributed by atoms with Crippen LogP contribution in [0, 0.1) is 0 Å². The average molecular weight is 247 g/mol. The van der Waals surface area contributed by atoms with Gasteiger partial charge in [-0.1, -0.05) is 12.1 Å². The van der Waals surface area contributed by atoms with Crippen molar-refractivity contribution in [2.75, 3.05) is 0 Å². The molecule has 0 aliphatic rings. The van der Waals surface area contributed by atoms with Gasteiger partial charge in [0.15, 0.2) is 0 Å². The normalized spacial score (nSPS) is 10.3. The Kier molecular flexibility index (Phi) is 3.24. The lowest BCUT2D eigenvalue weighted by atomic mass is 10.1. The number of nitrogens with zero attached hydrogens (tertiary/aromatic N) is 3. The van der Waals surface area contributed by atoms with Crippen LogP contribution in [0.3, 0.4) is 0 Å². The fraction of sp³-hybridized carbons (Fsp3) is 0.182. The van der Waals surface area contributed by atoms with Crippen molar-refractivity contribution in [1.82, 2.24) is 19.8 Å². The first-order valence-electron chi connectivity index (χ1n) is 5.30. The van der Waals surface area contributed by atoms with Crippen molar-refractivity contribution in [3.8, 4) is 0 Å². The molecule has 0 bridgehead atoms. The molecule has 7 heteroatoms. The van der Waals surface area contributed by atoms with Crippen LogP contribution in [0.1, 0.15) is 15.9 Å². The maximum absolute atomic E-state index is 11.6. The summed E-state index contributed by atoms with van der Waals surface area (Å²) in [7, 11) is 1.64. The largest absolute Gasteiger partial charge is 0.345 e. The number of amides is 1. The van der Waals surface area contributed by atoms with E-state index in [2.05, 4.69) is 10.5 Å². The first kappa shape index (κ1) is 12.1. The molecule has 2 rings (SSSR count). The van der Waals surface area contributed by atoms with E-state index in [9.17, 15) is 9.59 Å². The Bertz CT molecular complexity index is 611. The van der Waals surface area contributed by atoms with Gasteiger partial charge < -0.3 is 0 Å². The van der Waals surface area contributed by atoms with E-state index in [4.69, 9.17) is 5.84 Å². The molecule has 1 amide bonds. The van der Waals surface area contributed by atoms with E-state index >= 15 is 0 Å². The van der Waals surface area contributed by atoms with Gasteiger partial charge in [-0.05, 0) is 17.7 Å². The lowest BCUT2D eigenvalue weighted by Gasteiger charge is -2.03. The summed E-state index contributed by atoms with van der Waals surface area (Å²) < 4.78 is 2.74. The lowest BCUT2D eigenvalue weighted by molar-refractivity contribution is 0.0953. The molecule has 3 N–H and O–H groups in total. The van der Waals surface area contributed by atoms with E-state index in [1.54, 1.807) is 31.3 Å². The summed E-state index contributed by atoms with van der Waals surface area (Å²) in [6.45, 7) is 0.365. The molecular weight excluding hydrogens is 234 g/mol. The third-order valence-electron chi connectivity index (χ3n) is 2.57. The molecule has 0 radical (unpaired) electrons. The number of benzene rings is 1. The Morgan fingerprint density at radius 2 is 2.06 bits per heavy atom. The van der Waals surface area contributed by atoms with Crippen LogP contribution in [0.25, 0.3) is 0 Å². The van der Waals surface area contributed by atoms with Gasteiger partial charge in [-0.15, -0.1) is 0 Å². The molecule has 0 unspecified atom stereocenters. The van der Waals surface area contributed by atoms with Crippen molar-refractivity contribution in [3.05, 3.63) is 52.2 Å². The molecule has 1 aromatic heterocycles. The summed E-state index contributed by atoms with van der Waals surface area (Å²) in [6, 6.07) is 6.80. The molecule has 0 fully saturated rings. The van der Waals surface area contributed by atoms with Gasteiger partial charge in [0.25, 0.3) is 5.91 Å². The highest BCUT2D eigenvalue weighted by Gasteiger charge is 2.05. The molecule has 18 heavy (non-hydrogen) atoms. The number of nitrogen functional groups attached to an aromatic ring is 1. The van der Waals surface area contributed by atoms with Gasteiger partial charge >= 0.3 is 5.69 Å². The Balaban J connectivity index is 2.18. The summed E-state index contributed by atoms with van der Waals surface area (Å²) in [5.74, 6) is 4.68. The summed E-state index contributed by atoms with van der Waals surface area (Å²) in [5, 5.41) is 3.95.